The van der Waals surface area contributed by atoms with Crippen LogP contribution in [0.1, 0.15) is 12.5 Å². The van der Waals surface area contributed by atoms with Crippen molar-refractivity contribution in [2.45, 2.75) is 11.8 Å². The monoisotopic (exact) mass is 352 g/mol. The summed E-state index contributed by atoms with van der Waals surface area (Å²) < 4.78 is 0. The maximum atomic E-state index is 12.5. The zero-order chi connectivity index (χ0) is 18.0. The number of benzene rings is 2. The molecule has 0 atom stereocenters. The molecule has 0 saturated carbocycles. The summed E-state index contributed by atoms with van der Waals surface area (Å²) in [6, 6.07) is 16.3. The van der Waals surface area contributed by atoms with E-state index in [9.17, 15) is 14.4 Å². The van der Waals surface area contributed by atoms with E-state index in [-0.39, 0.29) is 17.7 Å². The summed E-state index contributed by atoms with van der Waals surface area (Å²) in [7, 11) is 1.48. The normalized spacial score (nSPS) is 14.2. The van der Waals surface area contributed by atoms with Crippen LogP contribution in [0.2, 0.25) is 0 Å². The number of hydrogen-bond acceptors (Lipinski definition) is 4. The van der Waals surface area contributed by atoms with Crippen LogP contribution in [0.25, 0.3) is 5.57 Å². The first-order valence-electron chi connectivity index (χ1n) is 7.65. The number of nitrogens with one attached hydrogen (secondary N) is 1. The third kappa shape index (κ3) is 3.49. The third-order valence-electron chi connectivity index (χ3n) is 3.70. The lowest BCUT2D eigenvalue weighted by atomic mass is 10.1. The van der Waals surface area contributed by atoms with Gasteiger partial charge in [-0.25, -0.2) is 0 Å². The Labute approximate surface area is 149 Å². The molecule has 0 aliphatic carbocycles. The van der Waals surface area contributed by atoms with Crippen LogP contribution in [0.5, 0.6) is 0 Å². The van der Waals surface area contributed by atoms with E-state index in [1.54, 1.807) is 24.3 Å². The summed E-state index contributed by atoms with van der Waals surface area (Å²) >= 11 is 1.28. The average Bonchev–Trinajstić information content (AvgIpc) is 2.80. The molecule has 1 aliphatic heterocycles. The zero-order valence-electron chi connectivity index (χ0n) is 13.8. The van der Waals surface area contributed by atoms with Gasteiger partial charge in [0.2, 0.25) is 5.91 Å². The van der Waals surface area contributed by atoms with Crippen molar-refractivity contribution in [3.8, 4) is 0 Å². The molecule has 0 spiro atoms. The maximum absolute atomic E-state index is 12.5. The van der Waals surface area contributed by atoms with Crippen molar-refractivity contribution >= 4 is 40.7 Å². The lowest BCUT2D eigenvalue weighted by Gasteiger charge is -2.07. The Balaban J connectivity index is 2.00. The van der Waals surface area contributed by atoms with E-state index in [1.807, 2.05) is 30.3 Å². The van der Waals surface area contributed by atoms with Crippen LogP contribution in [-0.4, -0.2) is 29.7 Å². The van der Waals surface area contributed by atoms with Crippen LogP contribution < -0.4 is 5.32 Å². The number of thioether (sulfide) groups is 1. The van der Waals surface area contributed by atoms with E-state index < -0.39 is 0 Å². The number of anilines is 1. The van der Waals surface area contributed by atoms with Gasteiger partial charge in [-0.05, 0) is 29.8 Å². The van der Waals surface area contributed by atoms with Gasteiger partial charge < -0.3 is 5.32 Å². The Kier molecular flexibility index (Phi) is 4.72. The van der Waals surface area contributed by atoms with Crippen molar-refractivity contribution in [1.82, 2.24) is 4.90 Å². The summed E-state index contributed by atoms with van der Waals surface area (Å²) in [5, 5.41) is 2.68. The highest BCUT2D eigenvalue weighted by molar-refractivity contribution is 8.04. The van der Waals surface area contributed by atoms with Gasteiger partial charge in [-0.1, -0.05) is 42.1 Å². The highest BCUT2D eigenvalue weighted by Crippen LogP contribution is 2.39. The van der Waals surface area contributed by atoms with E-state index in [0.29, 0.717) is 21.7 Å². The molecule has 0 radical (unpaired) electrons. The van der Waals surface area contributed by atoms with Crippen molar-refractivity contribution in [3.05, 3.63) is 65.1 Å². The standard InChI is InChI=1S/C19H16N2O3S/c1-12(22)20-14-10-8-13(9-11-14)16-17(19(24)21(2)18(16)23)25-15-6-4-3-5-7-15/h3-11H,1-2H3,(H,20,22). The fourth-order valence-corrected chi connectivity index (χ4v) is 3.56. The third-order valence-corrected chi connectivity index (χ3v) is 4.79. The SMILES string of the molecule is CC(=O)Nc1ccc(C2=C(Sc3ccccc3)C(=O)N(C)C2=O)cc1. The summed E-state index contributed by atoms with van der Waals surface area (Å²) in [6.07, 6.45) is 0. The predicted octanol–water partition coefficient (Wildman–Crippen LogP) is 3.15. The minimum atomic E-state index is -0.323. The molecule has 5 nitrogen and oxygen atoms in total. The highest BCUT2D eigenvalue weighted by atomic mass is 32.2. The van der Waals surface area contributed by atoms with Crippen LogP contribution >= 0.6 is 11.8 Å². The summed E-state index contributed by atoms with van der Waals surface area (Å²) in [4.78, 5) is 38.6. The van der Waals surface area contributed by atoms with Gasteiger partial charge in [0.1, 0.15) is 0 Å². The molecule has 1 heterocycles. The fraction of sp³-hybridized carbons (Fsp3) is 0.105. The number of hydrogen-bond donors (Lipinski definition) is 1. The molecule has 0 bridgehead atoms. The number of rotatable bonds is 4. The highest BCUT2D eigenvalue weighted by Gasteiger charge is 2.37. The second kappa shape index (κ2) is 6.94. The minimum Gasteiger partial charge on any atom is -0.326 e. The van der Waals surface area contributed by atoms with Crippen molar-refractivity contribution in [1.29, 1.82) is 0 Å². The first kappa shape index (κ1) is 17.0. The molecule has 126 valence electrons. The summed E-state index contributed by atoms with van der Waals surface area (Å²) in [5.41, 5.74) is 1.67. The predicted molar refractivity (Wildman–Crippen MR) is 97.7 cm³/mol. The molecule has 3 amide bonds. The molecule has 1 N–H and O–H groups in total. The smallest absolute Gasteiger partial charge is 0.268 e. The molecular formula is C19H16N2O3S. The number of carbonyl (C=O) groups excluding carboxylic acids is 3. The molecule has 0 unspecified atom stereocenters. The van der Waals surface area contributed by atoms with E-state index >= 15 is 0 Å². The van der Waals surface area contributed by atoms with Gasteiger partial charge in [-0.3, -0.25) is 19.3 Å². The van der Waals surface area contributed by atoms with Gasteiger partial charge in [0.25, 0.3) is 11.8 Å². The number of nitrogens with zero attached hydrogens (tertiary/aromatic N) is 1. The zero-order valence-corrected chi connectivity index (χ0v) is 14.6. The van der Waals surface area contributed by atoms with Gasteiger partial charge >= 0.3 is 0 Å². The second-order valence-corrected chi connectivity index (χ2v) is 6.63. The second-order valence-electron chi connectivity index (χ2n) is 5.55. The van der Waals surface area contributed by atoms with Crippen molar-refractivity contribution in [2.24, 2.45) is 0 Å². The topological polar surface area (TPSA) is 66.5 Å². The number of likely N-dealkylation sites (N-methyl/N-ethyl adjacent to an activating group) is 1. The molecule has 2 aromatic carbocycles. The first-order chi connectivity index (χ1) is 12.0. The number of imide groups is 1. The Hall–Kier alpha value is -2.86. The minimum absolute atomic E-state index is 0.167. The average molecular weight is 352 g/mol. The first-order valence-corrected chi connectivity index (χ1v) is 8.46. The van der Waals surface area contributed by atoms with Crippen LogP contribution in [0.4, 0.5) is 5.69 Å². The summed E-state index contributed by atoms with van der Waals surface area (Å²) in [6.45, 7) is 1.43. The molecular weight excluding hydrogens is 336 g/mol. The largest absolute Gasteiger partial charge is 0.326 e. The van der Waals surface area contributed by atoms with Gasteiger partial charge in [0.05, 0.1) is 10.5 Å². The quantitative estimate of drug-likeness (QED) is 0.859. The van der Waals surface area contributed by atoms with Crippen molar-refractivity contribution < 1.29 is 14.4 Å². The molecule has 0 fully saturated rings. The maximum Gasteiger partial charge on any atom is 0.268 e. The van der Waals surface area contributed by atoms with Crippen molar-refractivity contribution in [2.75, 3.05) is 12.4 Å². The lowest BCUT2D eigenvalue weighted by Crippen LogP contribution is -2.26. The van der Waals surface area contributed by atoms with Gasteiger partial charge in [0, 0.05) is 24.6 Å². The van der Waals surface area contributed by atoms with Crippen LogP contribution in [0, 0.1) is 0 Å². The molecule has 25 heavy (non-hydrogen) atoms. The Morgan fingerprint density at radius 3 is 2.20 bits per heavy atom. The van der Waals surface area contributed by atoms with E-state index in [4.69, 9.17) is 0 Å². The summed E-state index contributed by atoms with van der Waals surface area (Å²) in [5.74, 6) is -0.797. The Morgan fingerprint density at radius 1 is 0.960 bits per heavy atom. The number of carbonyl (C=O) groups is 3. The van der Waals surface area contributed by atoms with Crippen molar-refractivity contribution in [3.63, 3.8) is 0 Å². The molecule has 1 aliphatic rings. The van der Waals surface area contributed by atoms with Gasteiger partial charge in [0.15, 0.2) is 0 Å². The Morgan fingerprint density at radius 2 is 1.60 bits per heavy atom. The molecule has 2 aromatic rings. The molecule has 6 heteroatoms. The van der Waals surface area contributed by atoms with E-state index in [2.05, 4.69) is 5.32 Å². The van der Waals surface area contributed by atoms with E-state index in [0.717, 1.165) is 9.80 Å². The van der Waals surface area contributed by atoms with Gasteiger partial charge in [-0.2, -0.15) is 0 Å². The Bertz CT molecular complexity index is 873. The molecule has 3 rings (SSSR count). The van der Waals surface area contributed by atoms with Gasteiger partial charge in [-0.15, -0.1) is 0 Å². The van der Waals surface area contributed by atoms with Crippen LogP contribution in [0.3, 0.4) is 0 Å². The molecule has 0 saturated heterocycles. The van der Waals surface area contributed by atoms with Crippen LogP contribution in [0.15, 0.2) is 64.4 Å². The van der Waals surface area contributed by atoms with E-state index in [1.165, 1.54) is 25.7 Å². The van der Waals surface area contributed by atoms with Crippen LogP contribution in [-0.2, 0) is 14.4 Å². The fourth-order valence-electron chi connectivity index (χ4n) is 2.50. The molecule has 0 aromatic heterocycles. The number of amides is 3. The lowest BCUT2D eigenvalue weighted by molar-refractivity contribution is -0.134.